The molecule has 0 heterocycles. The van der Waals surface area contributed by atoms with Crippen molar-refractivity contribution >= 4 is 11.6 Å². The molecule has 3 heteroatoms. The molecule has 2 nitrogen and oxygen atoms in total. The van der Waals surface area contributed by atoms with E-state index in [1.54, 1.807) is 0 Å². The molecular formula is C14H22ClNO. The van der Waals surface area contributed by atoms with Crippen molar-refractivity contribution in [3.63, 3.8) is 0 Å². The highest BCUT2D eigenvalue weighted by atomic mass is 35.5. The maximum atomic E-state index is 5.86. The highest BCUT2D eigenvalue weighted by Crippen LogP contribution is 2.27. The normalized spacial score (nSPS) is 12.8. The zero-order chi connectivity index (χ0) is 12.8. The van der Waals surface area contributed by atoms with Crippen LogP contribution in [-0.2, 0) is 0 Å². The molecule has 0 aromatic heterocycles. The van der Waals surface area contributed by atoms with Gasteiger partial charge in [0.1, 0.15) is 5.75 Å². The standard InChI is InChI=1S/C14H22ClNO/c1-5-17-14-7-6-12(10-11(14)2)13(8-9-15)16(3)4/h6-7,10,13H,5,8-9H2,1-4H3. The Bertz CT molecular complexity index is 352. The number of benzene rings is 1. The first kappa shape index (κ1) is 14.3. The Balaban J connectivity index is 2.93. The molecule has 96 valence electrons. The molecular weight excluding hydrogens is 234 g/mol. The van der Waals surface area contributed by atoms with E-state index in [1.165, 1.54) is 11.1 Å². The van der Waals surface area contributed by atoms with Crippen molar-refractivity contribution in [1.29, 1.82) is 0 Å². The third kappa shape index (κ3) is 3.90. The Morgan fingerprint density at radius 1 is 1.35 bits per heavy atom. The first-order chi connectivity index (χ1) is 8.10. The summed E-state index contributed by atoms with van der Waals surface area (Å²) in [5.41, 5.74) is 2.49. The molecule has 0 amide bonds. The highest BCUT2D eigenvalue weighted by molar-refractivity contribution is 6.17. The van der Waals surface area contributed by atoms with Crippen LogP contribution < -0.4 is 4.74 Å². The summed E-state index contributed by atoms with van der Waals surface area (Å²) in [5.74, 6) is 1.65. The van der Waals surface area contributed by atoms with E-state index in [1.807, 2.05) is 6.92 Å². The molecule has 1 atom stereocenters. The maximum Gasteiger partial charge on any atom is 0.122 e. The minimum absolute atomic E-state index is 0.377. The predicted octanol–water partition coefficient (Wildman–Crippen LogP) is 3.63. The average molecular weight is 256 g/mol. The predicted molar refractivity (Wildman–Crippen MR) is 74.1 cm³/mol. The average Bonchev–Trinajstić information content (AvgIpc) is 2.28. The Labute approximate surface area is 110 Å². The largest absolute Gasteiger partial charge is 0.494 e. The topological polar surface area (TPSA) is 12.5 Å². The van der Waals surface area contributed by atoms with Gasteiger partial charge in [-0.05, 0) is 51.6 Å². The summed E-state index contributed by atoms with van der Waals surface area (Å²) in [4.78, 5) is 2.21. The molecule has 1 aromatic rings. The molecule has 0 saturated heterocycles. The van der Waals surface area contributed by atoms with Gasteiger partial charge in [-0.1, -0.05) is 12.1 Å². The van der Waals surface area contributed by atoms with Gasteiger partial charge in [-0.15, -0.1) is 11.6 Å². The van der Waals surface area contributed by atoms with Crippen LogP contribution in [0, 0.1) is 6.92 Å². The lowest BCUT2D eigenvalue weighted by atomic mass is 10.0. The third-order valence-corrected chi connectivity index (χ3v) is 3.11. The van der Waals surface area contributed by atoms with Gasteiger partial charge in [-0.2, -0.15) is 0 Å². The van der Waals surface area contributed by atoms with E-state index in [4.69, 9.17) is 16.3 Å². The molecule has 0 aliphatic rings. The van der Waals surface area contributed by atoms with Crippen molar-refractivity contribution in [3.05, 3.63) is 29.3 Å². The van der Waals surface area contributed by atoms with Crippen LogP contribution in [0.15, 0.2) is 18.2 Å². The van der Waals surface area contributed by atoms with E-state index in [-0.39, 0.29) is 0 Å². The lowest BCUT2D eigenvalue weighted by molar-refractivity contribution is 0.292. The Hall–Kier alpha value is -0.730. The second kappa shape index (κ2) is 6.87. The molecule has 0 saturated carbocycles. The maximum absolute atomic E-state index is 5.86. The van der Waals surface area contributed by atoms with Gasteiger partial charge in [0.25, 0.3) is 0 Å². The minimum Gasteiger partial charge on any atom is -0.494 e. The Morgan fingerprint density at radius 2 is 2.06 bits per heavy atom. The van der Waals surface area contributed by atoms with E-state index >= 15 is 0 Å². The summed E-state index contributed by atoms with van der Waals surface area (Å²) in [6.07, 6.45) is 0.960. The number of nitrogens with zero attached hydrogens (tertiary/aromatic N) is 1. The number of halogens is 1. The number of alkyl halides is 1. The molecule has 0 bridgehead atoms. The molecule has 17 heavy (non-hydrogen) atoms. The zero-order valence-corrected chi connectivity index (χ0v) is 11.9. The molecule has 0 N–H and O–H groups in total. The monoisotopic (exact) mass is 255 g/mol. The van der Waals surface area contributed by atoms with Crippen LogP contribution >= 0.6 is 11.6 Å². The summed E-state index contributed by atoms with van der Waals surface area (Å²) < 4.78 is 5.55. The van der Waals surface area contributed by atoms with Crippen molar-refractivity contribution in [3.8, 4) is 5.75 Å². The first-order valence-electron chi connectivity index (χ1n) is 6.05. The van der Waals surface area contributed by atoms with Gasteiger partial charge in [0.05, 0.1) is 6.61 Å². The van der Waals surface area contributed by atoms with Crippen molar-refractivity contribution < 1.29 is 4.74 Å². The molecule has 1 aromatic carbocycles. The van der Waals surface area contributed by atoms with Crippen molar-refractivity contribution in [2.45, 2.75) is 26.3 Å². The van der Waals surface area contributed by atoms with Gasteiger partial charge >= 0.3 is 0 Å². The lowest BCUT2D eigenvalue weighted by Gasteiger charge is -2.24. The second-order valence-electron chi connectivity index (χ2n) is 4.42. The van der Waals surface area contributed by atoms with Gasteiger partial charge in [-0.3, -0.25) is 0 Å². The quantitative estimate of drug-likeness (QED) is 0.720. The number of rotatable bonds is 6. The molecule has 1 rings (SSSR count). The van der Waals surface area contributed by atoms with Crippen molar-refractivity contribution in [2.24, 2.45) is 0 Å². The fraction of sp³-hybridized carbons (Fsp3) is 0.571. The fourth-order valence-electron chi connectivity index (χ4n) is 2.02. The van der Waals surface area contributed by atoms with E-state index < -0.39 is 0 Å². The van der Waals surface area contributed by atoms with Crippen LogP contribution in [0.2, 0.25) is 0 Å². The van der Waals surface area contributed by atoms with Crippen LogP contribution in [0.25, 0.3) is 0 Å². The number of ether oxygens (including phenoxy) is 1. The smallest absolute Gasteiger partial charge is 0.122 e. The second-order valence-corrected chi connectivity index (χ2v) is 4.79. The molecule has 1 unspecified atom stereocenters. The van der Waals surface area contributed by atoms with Gasteiger partial charge in [0.2, 0.25) is 0 Å². The van der Waals surface area contributed by atoms with Crippen LogP contribution in [0.5, 0.6) is 5.75 Å². The lowest BCUT2D eigenvalue weighted by Crippen LogP contribution is -2.20. The summed E-state index contributed by atoms with van der Waals surface area (Å²) in [6.45, 7) is 4.80. The first-order valence-corrected chi connectivity index (χ1v) is 6.59. The summed E-state index contributed by atoms with van der Waals surface area (Å²) >= 11 is 5.86. The molecule has 0 aliphatic carbocycles. The number of hydrogen-bond donors (Lipinski definition) is 0. The molecule has 0 radical (unpaired) electrons. The third-order valence-electron chi connectivity index (χ3n) is 2.89. The Morgan fingerprint density at radius 3 is 2.53 bits per heavy atom. The van der Waals surface area contributed by atoms with Gasteiger partial charge in [-0.25, -0.2) is 0 Å². The van der Waals surface area contributed by atoms with Gasteiger partial charge < -0.3 is 9.64 Å². The van der Waals surface area contributed by atoms with Crippen molar-refractivity contribution in [1.82, 2.24) is 4.90 Å². The summed E-state index contributed by atoms with van der Waals surface area (Å²) in [6, 6.07) is 6.76. The zero-order valence-electron chi connectivity index (χ0n) is 11.2. The van der Waals surface area contributed by atoms with Gasteiger partial charge in [0, 0.05) is 11.9 Å². The fourth-order valence-corrected chi connectivity index (χ4v) is 2.23. The van der Waals surface area contributed by atoms with Crippen LogP contribution in [0.3, 0.4) is 0 Å². The highest BCUT2D eigenvalue weighted by Gasteiger charge is 2.14. The van der Waals surface area contributed by atoms with E-state index in [2.05, 4.69) is 44.1 Å². The van der Waals surface area contributed by atoms with Crippen LogP contribution in [-0.4, -0.2) is 31.5 Å². The molecule has 0 fully saturated rings. The molecule has 0 spiro atoms. The summed E-state index contributed by atoms with van der Waals surface area (Å²) in [5, 5.41) is 0. The molecule has 0 aliphatic heterocycles. The van der Waals surface area contributed by atoms with E-state index in [9.17, 15) is 0 Å². The van der Waals surface area contributed by atoms with Gasteiger partial charge in [0.15, 0.2) is 0 Å². The summed E-state index contributed by atoms with van der Waals surface area (Å²) in [7, 11) is 4.17. The van der Waals surface area contributed by atoms with Crippen LogP contribution in [0.4, 0.5) is 0 Å². The number of aryl methyl sites for hydroxylation is 1. The Kier molecular flexibility index (Phi) is 5.79. The van der Waals surface area contributed by atoms with E-state index in [0.29, 0.717) is 18.5 Å². The van der Waals surface area contributed by atoms with E-state index in [0.717, 1.165) is 12.2 Å². The van der Waals surface area contributed by atoms with Crippen LogP contribution in [0.1, 0.15) is 30.5 Å². The SMILES string of the molecule is CCOc1ccc(C(CCCl)N(C)C)cc1C. The van der Waals surface area contributed by atoms with Crippen molar-refractivity contribution in [2.75, 3.05) is 26.6 Å². The number of hydrogen-bond acceptors (Lipinski definition) is 2. The minimum atomic E-state index is 0.377.